The van der Waals surface area contributed by atoms with Crippen LogP contribution in [0, 0.1) is 0 Å². The molecule has 0 bridgehead atoms. The number of aliphatic hydroxyl groups is 1. The van der Waals surface area contributed by atoms with E-state index in [1.54, 1.807) is 4.90 Å². The van der Waals surface area contributed by atoms with E-state index in [2.05, 4.69) is 5.32 Å². The van der Waals surface area contributed by atoms with Crippen molar-refractivity contribution in [3.63, 3.8) is 0 Å². The molecule has 0 aromatic heterocycles. The molecule has 4 nitrogen and oxygen atoms in total. The number of nitrogens with zero attached hydrogens (tertiary/aromatic N) is 1. The average molecular weight is 200 g/mol. The predicted molar refractivity (Wildman–Crippen MR) is 55.0 cm³/mol. The first-order chi connectivity index (χ1) is 6.66. The monoisotopic (exact) mass is 200 g/mol. The second-order valence-electron chi connectivity index (χ2n) is 4.00. The van der Waals surface area contributed by atoms with E-state index in [1.807, 2.05) is 13.8 Å². The Kier molecular flexibility index (Phi) is 4.35. The molecule has 4 heteroatoms. The number of rotatable bonds is 4. The minimum atomic E-state index is -0.0241. The van der Waals surface area contributed by atoms with Crippen LogP contribution in [-0.2, 0) is 4.79 Å². The topological polar surface area (TPSA) is 52.6 Å². The number of hydrogen-bond donors (Lipinski definition) is 2. The molecule has 1 aliphatic heterocycles. The number of carbonyl (C=O) groups excluding carboxylic acids is 1. The standard InChI is InChI=1S/C10H20N2O2/c1-8(2)12(6-7-13)10(14)9-4-3-5-11-9/h8-9,11,13H,3-7H2,1-2H3/t9-/m0/s1. The number of carbonyl (C=O) groups is 1. The van der Waals surface area contributed by atoms with Gasteiger partial charge in [-0.3, -0.25) is 4.79 Å². The third kappa shape index (κ3) is 2.69. The zero-order valence-corrected chi connectivity index (χ0v) is 8.99. The Hall–Kier alpha value is -0.610. The van der Waals surface area contributed by atoms with Crippen LogP contribution in [0.15, 0.2) is 0 Å². The van der Waals surface area contributed by atoms with Gasteiger partial charge in [0.15, 0.2) is 0 Å². The molecule has 82 valence electrons. The van der Waals surface area contributed by atoms with E-state index in [-0.39, 0.29) is 24.6 Å². The lowest BCUT2D eigenvalue weighted by Gasteiger charge is -2.28. The van der Waals surface area contributed by atoms with Gasteiger partial charge in [-0.05, 0) is 33.2 Å². The largest absolute Gasteiger partial charge is 0.395 e. The lowest BCUT2D eigenvalue weighted by molar-refractivity contribution is -0.135. The molecule has 0 saturated carbocycles. The van der Waals surface area contributed by atoms with Crippen molar-refractivity contribution in [3.8, 4) is 0 Å². The molecule has 1 saturated heterocycles. The number of aliphatic hydroxyl groups excluding tert-OH is 1. The van der Waals surface area contributed by atoms with Gasteiger partial charge in [0, 0.05) is 12.6 Å². The summed E-state index contributed by atoms with van der Waals surface area (Å²) in [5, 5.41) is 12.0. The first-order valence-electron chi connectivity index (χ1n) is 5.31. The lowest BCUT2D eigenvalue weighted by Crippen LogP contribution is -2.47. The van der Waals surface area contributed by atoms with E-state index in [9.17, 15) is 4.79 Å². The summed E-state index contributed by atoms with van der Waals surface area (Å²) in [4.78, 5) is 13.7. The smallest absolute Gasteiger partial charge is 0.240 e. The quantitative estimate of drug-likeness (QED) is 0.670. The van der Waals surface area contributed by atoms with Crippen molar-refractivity contribution < 1.29 is 9.90 Å². The molecule has 1 heterocycles. The van der Waals surface area contributed by atoms with Crippen LogP contribution in [0.4, 0.5) is 0 Å². The van der Waals surface area contributed by atoms with Crippen molar-refractivity contribution in [3.05, 3.63) is 0 Å². The van der Waals surface area contributed by atoms with Crippen LogP contribution < -0.4 is 5.32 Å². The number of nitrogens with one attached hydrogen (secondary N) is 1. The summed E-state index contributed by atoms with van der Waals surface area (Å²) in [7, 11) is 0. The third-order valence-corrected chi connectivity index (χ3v) is 2.61. The van der Waals surface area contributed by atoms with Crippen LogP contribution in [0.1, 0.15) is 26.7 Å². The van der Waals surface area contributed by atoms with E-state index in [0.29, 0.717) is 6.54 Å². The van der Waals surface area contributed by atoms with Crippen molar-refractivity contribution in [2.75, 3.05) is 19.7 Å². The van der Waals surface area contributed by atoms with Crippen LogP contribution in [0.3, 0.4) is 0 Å². The molecule has 0 unspecified atom stereocenters. The second kappa shape index (κ2) is 5.32. The van der Waals surface area contributed by atoms with E-state index in [4.69, 9.17) is 5.11 Å². The van der Waals surface area contributed by atoms with Crippen molar-refractivity contribution >= 4 is 5.91 Å². The van der Waals surface area contributed by atoms with Crippen LogP contribution in [0.25, 0.3) is 0 Å². The number of amides is 1. The Bertz CT molecular complexity index is 189. The number of hydrogen-bond acceptors (Lipinski definition) is 3. The Labute approximate surface area is 85.3 Å². The highest BCUT2D eigenvalue weighted by Crippen LogP contribution is 2.10. The SMILES string of the molecule is CC(C)N(CCO)C(=O)[C@@H]1CCCN1. The molecule has 1 amide bonds. The zero-order valence-electron chi connectivity index (χ0n) is 8.99. The van der Waals surface area contributed by atoms with Gasteiger partial charge in [0.25, 0.3) is 0 Å². The Balaban J connectivity index is 2.53. The minimum absolute atomic E-state index is 0.0241. The first-order valence-corrected chi connectivity index (χ1v) is 5.31. The highest BCUT2D eigenvalue weighted by molar-refractivity contribution is 5.82. The Morgan fingerprint density at radius 1 is 1.64 bits per heavy atom. The fourth-order valence-electron chi connectivity index (χ4n) is 1.83. The van der Waals surface area contributed by atoms with Gasteiger partial charge in [0.1, 0.15) is 0 Å². The molecule has 1 fully saturated rings. The molecular weight excluding hydrogens is 180 g/mol. The van der Waals surface area contributed by atoms with E-state index in [1.165, 1.54) is 0 Å². The van der Waals surface area contributed by atoms with Crippen LogP contribution in [0.2, 0.25) is 0 Å². The fourth-order valence-corrected chi connectivity index (χ4v) is 1.83. The zero-order chi connectivity index (χ0) is 10.6. The van der Waals surface area contributed by atoms with Gasteiger partial charge in [-0.25, -0.2) is 0 Å². The van der Waals surface area contributed by atoms with E-state index < -0.39 is 0 Å². The van der Waals surface area contributed by atoms with Gasteiger partial charge < -0.3 is 15.3 Å². The fraction of sp³-hybridized carbons (Fsp3) is 0.900. The molecule has 0 aliphatic carbocycles. The summed E-state index contributed by atoms with van der Waals surface area (Å²) in [5.74, 6) is 0.131. The van der Waals surface area contributed by atoms with E-state index >= 15 is 0 Å². The highest BCUT2D eigenvalue weighted by Gasteiger charge is 2.27. The maximum absolute atomic E-state index is 11.9. The summed E-state index contributed by atoms with van der Waals surface area (Å²) >= 11 is 0. The summed E-state index contributed by atoms with van der Waals surface area (Å²) in [6.07, 6.45) is 1.99. The lowest BCUT2D eigenvalue weighted by atomic mass is 10.2. The highest BCUT2D eigenvalue weighted by atomic mass is 16.3. The van der Waals surface area contributed by atoms with Crippen molar-refractivity contribution in [2.45, 2.75) is 38.8 Å². The third-order valence-electron chi connectivity index (χ3n) is 2.61. The van der Waals surface area contributed by atoms with Crippen molar-refractivity contribution in [1.29, 1.82) is 0 Å². The van der Waals surface area contributed by atoms with Gasteiger partial charge >= 0.3 is 0 Å². The predicted octanol–water partition coefficient (Wildman–Crippen LogP) is -0.0323. The van der Waals surface area contributed by atoms with Gasteiger partial charge in [0.05, 0.1) is 12.6 Å². The molecule has 1 aliphatic rings. The van der Waals surface area contributed by atoms with Crippen LogP contribution >= 0.6 is 0 Å². The molecule has 14 heavy (non-hydrogen) atoms. The minimum Gasteiger partial charge on any atom is -0.395 e. The molecule has 2 N–H and O–H groups in total. The van der Waals surface area contributed by atoms with Gasteiger partial charge in [0.2, 0.25) is 5.91 Å². The van der Waals surface area contributed by atoms with Gasteiger partial charge in [-0.2, -0.15) is 0 Å². The van der Waals surface area contributed by atoms with E-state index in [0.717, 1.165) is 19.4 Å². The summed E-state index contributed by atoms with van der Waals surface area (Å²) in [6.45, 7) is 5.36. The van der Waals surface area contributed by atoms with Crippen molar-refractivity contribution in [1.82, 2.24) is 10.2 Å². The van der Waals surface area contributed by atoms with Gasteiger partial charge in [-0.1, -0.05) is 0 Å². The normalized spacial score (nSPS) is 21.6. The van der Waals surface area contributed by atoms with Crippen molar-refractivity contribution in [2.24, 2.45) is 0 Å². The average Bonchev–Trinajstić information content (AvgIpc) is 2.65. The molecule has 1 atom stereocenters. The molecule has 0 aromatic carbocycles. The van der Waals surface area contributed by atoms with Crippen LogP contribution in [-0.4, -0.2) is 47.7 Å². The molecule has 0 aromatic rings. The summed E-state index contributed by atoms with van der Waals surface area (Å²) in [6, 6.07) is 0.140. The first kappa shape index (κ1) is 11.5. The Morgan fingerprint density at radius 3 is 2.79 bits per heavy atom. The molecule has 0 radical (unpaired) electrons. The molecular formula is C10H20N2O2. The summed E-state index contributed by atoms with van der Waals surface area (Å²) in [5.41, 5.74) is 0. The van der Waals surface area contributed by atoms with Crippen LogP contribution in [0.5, 0.6) is 0 Å². The Morgan fingerprint density at radius 2 is 2.36 bits per heavy atom. The molecule has 1 rings (SSSR count). The maximum atomic E-state index is 11.9. The van der Waals surface area contributed by atoms with Gasteiger partial charge in [-0.15, -0.1) is 0 Å². The maximum Gasteiger partial charge on any atom is 0.240 e. The molecule has 0 spiro atoms. The summed E-state index contributed by atoms with van der Waals surface area (Å²) < 4.78 is 0. The second-order valence-corrected chi connectivity index (χ2v) is 4.00.